The fraction of sp³-hybridized carbons (Fsp3) is 0.350. The summed E-state index contributed by atoms with van der Waals surface area (Å²) in [4.78, 5) is 12.2. The molecule has 0 saturated carbocycles. The molecule has 0 heterocycles. The van der Waals surface area contributed by atoms with Crippen LogP contribution >= 0.6 is 11.6 Å². The maximum Gasteiger partial charge on any atom is 0.258 e. The van der Waals surface area contributed by atoms with Crippen molar-refractivity contribution in [1.82, 2.24) is 5.32 Å². The Kier molecular flexibility index (Phi) is 7.16. The Morgan fingerprint density at radius 1 is 1.12 bits per heavy atom. The van der Waals surface area contributed by atoms with Gasteiger partial charge in [0.1, 0.15) is 17.2 Å². The molecule has 1 unspecified atom stereocenters. The van der Waals surface area contributed by atoms with Crippen LogP contribution in [0.1, 0.15) is 31.0 Å². The van der Waals surface area contributed by atoms with Gasteiger partial charge in [-0.2, -0.15) is 0 Å². The summed E-state index contributed by atoms with van der Waals surface area (Å²) >= 11 is 6.09. The molecule has 6 heteroatoms. The molecule has 0 aliphatic rings. The van der Waals surface area contributed by atoms with Crippen LogP contribution in [0.15, 0.2) is 36.4 Å². The third kappa shape index (κ3) is 5.05. The molecule has 0 aromatic heterocycles. The lowest BCUT2D eigenvalue weighted by molar-refractivity contribution is -0.123. The molecule has 1 amide bonds. The third-order valence-electron chi connectivity index (χ3n) is 4.05. The average molecular weight is 378 g/mol. The number of nitrogens with one attached hydrogen (secondary N) is 1. The Balaban J connectivity index is 1.99. The molecule has 26 heavy (non-hydrogen) atoms. The van der Waals surface area contributed by atoms with Gasteiger partial charge in [0.2, 0.25) is 0 Å². The van der Waals surface area contributed by atoms with E-state index >= 15 is 0 Å². The lowest BCUT2D eigenvalue weighted by Gasteiger charge is -2.18. The van der Waals surface area contributed by atoms with E-state index in [1.54, 1.807) is 26.4 Å². The van der Waals surface area contributed by atoms with Gasteiger partial charge in [-0.1, -0.05) is 18.5 Å². The zero-order chi connectivity index (χ0) is 19.1. The predicted molar refractivity (Wildman–Crippen MR) is 102 cm³/mol. The van der Waals surface area contributed by atoms with E-state index in [-0.39, 0.29) is 18.6 Å². The SMILES string of the molecule is CCc1cc(OCC(=O)NC(C)c2cc(OC)ccc2OC)ccc1Cl. The van der Waals surface area contributed by atoms with Crippen LogP contribution in [0.4, 0.5) is 0 Å². The van der Waals surface area contributed by atoms with Crippen molar-refractivity contribution in [2.45, 2.75) is 26.3 Å². The first-order chi connectivity index (χ1) is 12.5. The minimum atomic E-state index is -0.257. The van der Waals surface area contributed by atoms with Gasteiger partial charge >= 0.3 is 0 Å². The van der Waals surface area contributed by atoms with Gasteiger partial charge in [0.25, 0.3) is 5.91 Å². The smallest absolute Gasteiger partial charge is 0.258 e. The number of carbonyl (C=O) groups is 1. The largest absolute Gasteiger partial charge is 0.497 e. The van der Waals surface area contributed by atoms with Crippen LogP contribution in [0, 0.1) is 0 Å². The van der Waals surface area contributed by atoms with E-state index < -0.39 is 0 Å². The summed E-state index contributed by atoms with van der Waals surface area (Å²) in [6.07, 6.45) is 0.800. The average Bonchev–Trinajstić information content (AvgIpc) is 2.66. The second kappa shape index (κ2) is 9.34. The van der Waals surface area contributed by atoms with Crippen LogP contribution < -0.4 is 19.5 Å². The summed E-state index contributed by atoms with van der Waals surface area (Å²) in [5.41, 5.74) is 1.82. The number of hydrogen-bond donors (Lipinski definition) is 1. The molecule has 1 atom stereocenters. The number of hydrogen-bond acceptors (Lipinski definition) is 4. The first-order valence-corrected chi connectivity index (χ1v) is 8.78. The van der Waals surface area contributed by atoms with E-state index in [2.05, 4.69) is 5.32 Å². The van der Waals surface area contributed by atoms with Crippen LogP contribution in [-0.2, 0) is 11.2 Å². The van der Waals surface area contributed by atoms with Gasteiger partial charge in [0, 0.05) is 10.6 Å². The Morgan fingerprint density at radius 3 is 2.50 bits per heavy atom. The zero-order valence-corrected chi connectivity index (χ0v) is 16.2. The van der Waals surface area contributed by atoms with Crippen molar-refractivity contribution in [2.24, 2.45) is 0 Å². The van der Waals surface area contributed by atoms with Gasteiger partial charge < -0.3 is 19.5 Å². The summed E-state index contributed by atoms with van der Waals surface area (Å²) in [6, 6.07) is 10.6. The lowest BCUT2D eigenvalue weighted by Crippen LogP contribution is -2.31. The second-order valence-electron chi connectivity index (χ2n) is 5.79. The molecule has 2 aromatic carbocycles. The molecule has 0 radical (unpaired) electrons. The van der Waals surface area contributed by atoms with Gasteiger partial charge in [-0.15, -0.1) is 0 Å². The summed E-state index contributed by atoms with van der Waals surface area (Å²) < 4.78 is 16.2. The van der Waals surface area contributed by atoms with E-state index in [0.717, 1.165) is 17.5 Å². The number of methoxy groups -OCH3 is 2. The van der Waals surface area contributed by atoms with E-state index in [9.17, 15) is 4.79 Å². The number of carbonyl (C=O) groups excluding carboxylic acids is 1. The summed E-state index contributed by atoms with van der Waals surface area (Å²) in [6.45, 7) is 3.81. The van der Waals surface area contributed by atoms with Crippen molar-refractivity contribution < 1.29 is 19.0 Å². The van der Waals surface area contributed by atoms with Gasteiger partial charge in [0.15, 0.2) is 6.61 Å². The molecule has 0 saturated heterocycles. The monoisotopic (exact) mass is 377 g/mol. The van der Waals surface area contributed by atoms with Crippen LogP contribution in [0.5, 0.6) is 17.2 Å². The molecule has 0 aliphatic carbocycles. The quantitative estimate of drug-likeness (QED) is 0.749. The van der Waals surface area contributed by atoms with Crippen molar-refractivity contribution in [1.29, 1.82) is 0 Å². The zero-order valence-electron chi connectivity index (χ0n) is 15.5. The normalized spacial score (nSPS) is 11.6. The topological polar surface area (TPSA) is 56.8 Å². The Labute approximate surface area is 159 Å². The van der Waals surface area contributed by atoms with Crippen molar-refractivity contribution >= 4 is 17.5 Å². The highest BCUT2D eigenvalue weighted by atomic mass is 35.5. The number of aryl methyl sites for hydroxylation is 1. The highest BCUT2D eigenvalue weighted by molar-refractivity contribution is 6.31. The molecule has 140 valence electrons. The number of benzene rings is 2. The number of ether oxygens (including phenoxy) is 3. The second-order valence-corrected chi connectivity index (χ2v) is 6.20. The van der Waals surface area contributed by atoms with Crippen LogP contribution in [0.25, 0.3) is 0 Å². The van der Waals surface area contributed by atoms with E-state index in [4.69, 9.17) is 25.8 Å². The molecule has 0 fully saturated rings. The fourth-order valence-electron chi connectivity index (χ4n) is 2.60. The molecule has 0 spiro atoms. The van der Waals surface area contributed by atoms with Crippen LogP contribution in [0.2, 0.25) is 5.02 Å². The fourth-order valence-corrected chi connectivity index (χ4v) is 2.85. The van der Waals surface area contributed by atoms with Gasteiger partial charge in [-0.3, -0.25) is 4.79 Å². The van der Waals surface area contributed by atoms with Crippen molar-refractivity contribution in [3.8, 4) is 17.2 Å². The van der Waals surface area contributed by atoms with Gasteiger partial charge in [-0.25, -0.2) is 0 Å². The third-order valence-corrected chi connectivity index (χ3v) is 4.42. The van der Waals surface area contributed by atoms with E-state index in [0.29, 0.717) is 22.3 Å². The minimum absolute atomic E-state index is 0.0819. The molecule has 2 rings (SSSR count). The Hall–Kier alpha value is -2.40. The lowest BCUT2D eigenvalue weighted by atomic mass is 10.1. The molecular weight excluding hydrogens is 354 g/mol. The first-order valence-electron chi connectivity index (χ1n) is 8.41. The molecule has 0 aliphatic heterocycles. The Morgan fingerprint density at radius 2 is 1.85 bits per heavy atom. The van der Waals surface area contributed by atoms with Crippen molar-refractivity contribution in [2.75, 3.05) is 20.8 Å². The number of rotatable bonds is 8. The van der Waals surface area contributed by atoms with E-state index in [1.807, 2.05) is 38.1 Å². The molecule has 2 aromatic rings. The highest BCUT2D eigenvalue weighted by Gasteiger charge is 2.15. The summed E-state index contributed by atoms with van der Waals surface area (Å²) in [7, 11) is 3.19. The van der Waals surface area contributed by atoms with E-state index in [1.165, 1.54) is 0 Å². The van der Waals surface area contributed by atoms with Crippen molar-refractivity contribution in [3.63, 3.8) is 0 Å². The molecule has 5 nitrogen and oxygen atoms in total. The van der Waals surface area contributed by atoms with Gasteiger partial charge in [0.05, 0.1) is 20.3 Å². The Bertz CT molecular complexity index is 763. The molecular formula is C20H24ClNO4. The predicted octanol–water partition coefficient (Wildman–Crippen LogP) is 4.18. The standard InChI is InChI=1S/C20H24ClNO4/c1-5-14-10-16(6-8-18(14)21)26-12-20(23)22-13(2)17-11-15(24-3)7-9-19(17)25-4/h6-11,13H,5,12H2,1-4H3,(H,22,23). The summed E-state index contributed by atoms with van der Waals surface area (Å²) in [5, 5.41) is 3.60. The summed E-state index contributed by atoms with van der Waals surface area (Å²) in [5.74, 6) is 1.78. The molecule has 1 N–H and O–H groups in total. The first kappa shape index (κ1) is 19.9. The maximum absolute atomic E-state index is 12.2. The highest BCUT2D eigenvalue weighted by Crippen LogP contribution is 2.29. The van der Waals surface area contributed by atoms with Crippen LogP contribution in [0.3, 0.4) is 0 Å². The minimum Gasteiger partial charge on any atom is -0.497 e. The van der Waals surface area contributed by atoms with Crippen molar-refractivity contribution in [3.05, 3.63) is 52.5 Å². The maximum atomic E-state index is 12.2. The number of amides is 1. The van der Waals surface area contributed by atoms with Crippen LogP contribution in [-0.4, -0.2) is 26.7 Å². The number of halogens is 1. The van der Waals surface area contributed by atoms with Gasteiger partial charge in [-0.05, 0) is 55.3 Å². The molecule has 0 bridgehead atoms.